The van der Waals surface area contributed by atoms with Crippen LogP contribution in [-0.2, 0) is 16.1 Å². The van der Waals surface area contributed by atoms with Gasteiger partial charge in [-0.25, -0.2) is 4.79 Å². The van der Waals surface area contributed by atoms with Crippen molar-refractivity contribution in [1.82, 2.24) is 5.32 Å². The molecule has 5 nitrogen and oxygen atoms in total. The van der Waals surface area contributed by atoms with E-state index < -0.39 is 12.1 Å². The Bertz CT molecular complexity index is 614. The van der Waals surface area contributed by atoms with Gasteiger partial charge in [0.25, 0.3) is 0 Å². The molecular weight excluding hydrogens is 280 g/mol. The molecule has 22 heavy (non-hydrogen) atoms. The molecule has 2 amide bonds. The fraction of sp³-hybridized carbons (Fsp3) is 0.176. The molecule has 2 rings (SSSR count). The lowest BCUT2D eigenvalue weighted by atomic mass is 10.2. The molecule has 0 radical (unpaired) electrons. The van der Waals surface area contributed by atoms with E-state index in [1.807, 2.05) is 48.5 Å². The maximum atomic E-state index is 11.9. The van der Waals surface area contributed by atoms with Crippen molar-refractivity contribution in [2.75, 3.05) is 5.32 Å². The summed E-state index contributed by atoms with van der Waals surface area (Å²) in [6, 6.07) is 17.7. The van der Waals surface area contributed by atoms with Gasteiger partial charge in [-0.1, -0.05) is 48.5 Å². The summed E-state index contributed by atoms with van der Waals surface area (Å²) in [7, 11) is 0. The second-order valence-corrected chi connectivity index (χ2v) is 4.78. The van der Waals surface area contributed by atoms with Gasteiger partial charge in [-0.15, -0.1) is 0 Å². The Kier molecular flexibility index (Phi) is 5.54. The van der Waals surface area contributed by atoms with Gasteiger partial charge in [0.2, 0.25) is 5.91 Å². The highest BCUT2D eigenvalue weighted by molar-refractivity contribution is 5.96. The average molecular weight is 298 g/mol. The number of anilines is 1. The fourth-order valence-corrected chi connectivity index (χ4v) is 1.78. The van der Waals surface area contributed by atoms with Crippen LogP contribution in [0.4, 0.5) is 10.5 Å². The number of carbonyl (C=O) groups excluding carboxylic acids is 2. The predicted molar refractivity (Wildman–Crippen MR) is 84.3 cm³/mol. The number of carbonyl (C=O) groups is 2. The maximum Gasteiger partial charge on any atom is 0.408 e. The van der Waals surface area contributed by atoms with Gasteiger partial charge >= 0.3 is 6.09 Å². The molecule has 2 N–H and O–H groups in total. The fourth-order valence-electron chi connectivity index (χ4n) is 1.78. The van der Waals surface area contributed by atoms with Crippen LogP contribution >= 0.6 is 0 Å². The zero-order valence-corrected chi connectivity index (χ0v) is 12.3. The van der Waals surface area contributed by atoms with Crippen molar-refractivity contribution < 1.29 is 14.3 Å². The van der Waals surface area contributed by atoms with Crippen molar-refractivity contribution in [1.29, 1.82) is 0 Å². The van der Waals surface area contributed by atoms with Crippen LogP contribution in [0.1, 0.15) is 12.5 Å². The van der Waals surface area contributed by atoms with E-state index in [-0.39, 0.29) is 12.5 Å². The molecule has 0 aliphatic rings. The standard InChI is InChI=1S/C17H18N2O3/c1-13(16(20)19-15-10-6-3-7-11-15)18-17(21)22-12-14-8-4-2-5-9-14/h2-11,13H,12H2,1H3,(H,18,21)(H,19,20)/t13-/m1/s1. The van der Waals surface area contributed by atoms with Gasteiger partial charge in [-0.2, -0.15) is 0 Å². The van der Waals surface area contributed by atoms with E-state index >= 15 is 0 Å². The summed E-state index contributed by atoms with van der Waals surface area (Å²) in [6.45, 7) is 1.77. The molecule has 0 bridgehead atoms. The summed E-state index contributed by atoms with van der Waals surface area (Å²) < 4.78 is 5.07. The molecule has 2 aromatic carbocycles. The van der Waals surface area contributed by atoms with Crippen molar-refractivity contribution >= 4 is 17.7 Å². The molecule has 0 fully saturated rings. The van der Waals surface area contributed by atoms with Crippen LogP contribution in [0.3, 0.4) is 0 Å². The first-order valence-electron chi connectivity index (χ1n) is 6.98. The number of nitrogens with one attached hydrogen (secondary N) is 2. The third-order valence-corrected chi connectivity index (χ3v) is 2.98. The maximum absolute atomic E-state index is 11.9. The molecule has 0 aliphatic heterocycles. The Hall–Kier alpha value is -2.82. The van der Waals surface area contributed by atoms with Gasteiger partial charge in [-0.05, 0) is 24.6 Å². The number of benzene rings is 2. The minimum Gasteiger partial charge on any atom is -0.445 e. The Balaban J connectivity index is 1.77. The first-order valence-corrected chi connectivity index (χ1v) is 6.98. The Morgan fingerprint density at radius 3 is 2.23 bits per heavy atom. The van der Waals surface area contributed by atoms with E-state index in [0.717, 1.165) is 5.56 Å². The number of para-hydroxylation sites is 1. The number of alkyl carbamates (subject to hydrolysis) is 1. The summed E-state index contributed by atoms with van der Waals surface area (Å²) in [6.07, 6.45) is -0.625. The molecule has 0 unspecified atom stereocenters. The zero-order valence-electron chi connectivity index (χ0n) is 12.3. The number of hydrogen-bond acceptors (Lipinski definition) is 3. The Morgan fingerprint density at radius 2 is 1.59 bits per heavy atom. The van der Waals surface area contributed by atoms with Gasteiger partial charge < -0.3 is 15.4 Å². The number of ether oxygens (including phenoxy) is 1. The van der Waals surface area contributed by atoms with E-state index in [9.17, 15) is 9.59 Å². The highest BCUT2D eigenvalue weighted by Gasteiger charge is 2.16. The topological polar surface area (TPSA) is 67.4 Å². The Labute approximate surface area is 129 Å². The van der Waals surface area contributed by atoms with Crippen molar-refractivity contribution in [3.63, 3.8) is 0 Å². The normalized spacial score (nSPS) is 11.3. The number of hydrogen-bond donors (Lipinski definition) is 2. The van der Waals surface area contributed by atoms with Crippen LogP contribution in [0.2, 0.25) is 0 Å². The summed E-state index contributed by atoms with van der Waals surface area (Å²) in [5.41, 5.74) is 1.57. The first-order chi connectivity index (χ1) is 10.6. The third-order valence-electron chi connectivity index (χ3n) is 2.98. The highest BCUT2D eigenvalue weighted by Crippen LogP contribution is 2.05. The number of amides is 2. The quantitative estimate of drug-likeness (QED) is 0.892. The first kappa shape index (κ1) is 15.6. The van der Waals surface area contributed by atoms with E-state index in [4.69, 9.17) is 4.74 Å². The molecule has 0 heterocycles. The van der Waals surface area contributed by atoms with Gasteiger partial charge in [-0.3, -0.25) is 4.79 Å². The lowest BCUT2D eigenvalue weighted by molar-refractivity contribution is -0.117. The molecule has 0 spiro atoms. The van der Waals surface area contributed by atoms with E-state index in [2.05, 4.69) is 10.6 Å². The minimum atomic E-state index is -0.691. The largest absolute Gasteiger partial charge is 0.445 e. The second kappa shape index (κ2) is 7.83. The lowest BCUT2D eigenvalue weighted by Gasteiger charge is -2.14. The lowest BCUT2D eigenvalue weighted by Crippen LogP contribution is -2.41. The molecule has 0 saturated carbocycles. The average Bonchev–Trinajstić information content (AvgIpc) is 2.55. The van der Waals surface area contributed by atoms with Gasteiger partial charge in [0.05, 0.1) is 0 Å². The van der Waals surface area contributed by atoms with Crippen LogP contribution in [0.15, 0.2) is 60.7 Å². The van der Waals surface area contributed by atoms with E-state index in [0.29, 0.717) is 5.69 Å². The monoisotopic (exact) mass is 298 g/mol. The molecule has 0 aromatic heterocycles. The number of rotatable bonds is 5. The predicted octanol–water partition coefficient (Wildman–Crippen LogP) is 2.94. The summed E-state index contributed by atoms with van der Waals surface area (Å²) in [5.74, 6) is -0.303. The van der Waals surface area contributed by atoms with Gasteiger partial charge in [0, 0.05) is 5.69 Å². The van der Waals surface area contributed by atoms with Crippen molar-refractivity contribution in [2.24, 2.45) is 0 Å². The second-order valence-electron chi connectivity index (χ2n) is 4.78. The summed E-state index contributed by atoms with van der Waals surface area (Å²) in [5, 5.41) is 5.21. The summed E-state index contributed by atoms with van der Waals surface area (Å²) >= 11 is 0. The smallest absolute Gasteiger partial charge is 0.408 e. The molecule has 1 atom stereocenters. The van der Waals surface area contributed by atoms with Crippen LogP contribution in [-0.4, -0.2) is 18.0 Å². The summed E-state index contributed by atoms with van der Waals surface area (Å²) in [4.78, 5) is 23.6. The van der Waals surface area contributed by atoms with Crippen LogP contribution in [0.25, 0.3) is 0 Å². The van der Waals surface area contributed by atoms with Crippen molar-refractivity contribution in [3.8, 4) is 0 Å². The zero-order chi connectivity index (χ0) is 15.8. The minimum absolute atomic E-state index is 0.166. The van der Waals surface area contributed by atoms with Crippen LogP contribution in [0, 0.1) is 0 Å². The molecular formula is C17H18N2O3. The van der Waals surface area contributed by atoms with E-state index in [1.54, 1.807) is 19.1 Å². The van der Waals surface area contributed by atoms with Gasteiger partial charge in [0.1, 0.15) is 12.6 Å². The molecule has 2 aromatic rings. The van der Waals surface area contributed by atoms with E-state index in [1.165, 1.54) is 0 Å². The SMILES string of the molecule is C[C@@H](NC(=O)OCc1ccccc1)C(=O)Nc1ccccc1. The molecule has 114 valence electrons. The highest BCUT2D eigenvalue weighted by atomic mass is 16.5. The Morgan fingerprint density at radius 1 is 1.00 bits per heavy atom. The molecule has 5 heteroatoms. The van der Waals surface area contributed by atoms with Gasteiger partial charge in [0.15, 0.2) is 0 Å². The molecule has 0 saturated heterocycles. The van der Waals surface area contributed by atoms with Crippen LogP contribution < -0.4 is 10.6 Å². The van der Waals surface area contributed by atoms with Crippen molar-refractivity contribution in [2.45, 2.75) is 19.6 Å². The van der Waals surface area contributed by atoms with Crippen LogP contribution in [0.5, 0.6) is 0 Å². The molecule has 0 aliphatic carbocycles. The third kappa shape index (κ3) is 4.94. The van der Waals surface area contributed by atoms with Crippen molar-refractivity contribution in [3.05, 3.63) is 66.2 Å².